The second-order valence-corrected chi connectivity index (χ2v) is 7.82. The van der Waals surface area contributed by atoms with Crippen molar-refractivity contribution in [1.82, 2.24) is 15.1 Å². The summed E-state index contributed by atoms with van der Waals surface area (Å²) in [5.74, 6) is 1.04. The molecule has 1 aromatic carbocycles. The summed E-state index contributed by atoms with van der Waals surface area (Å²) in [5, 5.41) is 3.70. The molecule has 0 aliphatic carbocycles. The van der Waals surface area contributed by atoms with Crippen LogP contribution in [0.1, 0.15) is 12.0 Å². The number of thioether (sulfide) groups is 1. The number of nitrogens with one attached hydrogen (secondary N) is 1. The summed E-state index contributed by atoms with van der Waals surface area (Å²) in [6, 6.07) is 10.3. The Morgan fingerprint density at radius 2 is 2.16 bits per heavy atom. The molecule has 2 fully saturated rings. The molecule has 136 valence electrons. The highest BCUT2D eigenvalue weighted by molar-refractivity contribution is 7.98. The number of rotatable bonds is 7. The predicted molar refractivity (Wildman–Crippen MR) is 106 cm³/mol. The Kier molecular flexibility index (Phi) is 6.70. The fourth-order valence-corrected chi connectivity index (χ4v) is 4.04. The van der Waals surface area contributed by atoms with Crippen molar-refractivity contribution in [2.45, 2.75) is 25.1 Å². The first-order valence-electron chi connectivity index (χ1n) is 8.66. The molecule has 0 aromatic heterocycles. The van der Waals surface area contributed by atoms with Gasteiger partial charge in [-0.15, -0.1) is 0 Å². The number of amides is 1. The summed E-state index contributed by atoms with van der Waals surface area (Å²) in [5.41, 5.74) is 1.30. The normalized spacial score (nSPS) is 24.6. The summed E-state index contributed by atoms with van der Waals surface area (Å²) >= 11 is 7.11. The summed E-state index contributed by atoms with van der Waals surface area (Å²) in [6.07, 6.45) is 2.86. The number of hydrogen-bond acceptors (Lipinski definition) is 5. The van der Waals surface area contributed by atoms with Crippen LogP contribution in [-0.2, 0) is 16.1 Å². The molecule has 0 saturated carbocycles. The number of hydrogen-bond donors (Lipinski definition) is 1. The quantitative estimate of drug-likeness (QED) is 0.728. The van der Waals surface area contributed by atoms with E-state index in [1.807, 2.05) is 12.3 Å². The van der Waals surface area contributed by atoms with Crippen molar-refractivity contribution in [3.05, 3.63) is 35.9 Å². The molecule has 7 heteroatoms. The number of benzene rings is 1. The standard InChI is InChI=1S/C18H25N3O2S2/c1-25-10-7-16-17(22)21(18(24)19-16)13-15-12-20(8-9-23-15)11-14-5-3-2-4-6-14/h2-6,15-16H,7-13H2,1H3,(H,19,24)/t15-,16-/m0/s1. The number of carbonyl (C=O) groups is 1. The molecule has 3 rings (SSSR count). The van der Waals surface area contributed by atoms with Crippen LogP contribution in [-0.4, -0.2) is 71.2 Å². The van der Waals surface area contributed by atoms with E-state index in [4.69, 9.17) is 17.0 Å². The largest absolute Gasteiger partial charge is 0.374 e. The lowest BCUT2D eigenvalue weighted by atomic mass is 10.2. The van der Waals surface area contributed by atoms with Crippen molar-refractivity contribution in [1.29, 1.82) is 0 Å². The van der Waals surface area contributed by atoms with E-state index < -0.39 is 0 Å². The Morgan fingerprint density at radius 3 is 2.92 bits per heavy atom. The molecule has 2 atom stereocenters. The van der Waals surface area contributed by atoms with Gasteiger partial charge in [-0.25, -0.2) is 0 Å². The van der Waals surface area contributed by atoms with Crippen molar-refractivity contribution in [2.75, 3.05) is 38.2 Å². The van der Waals surface area contributed by atoms with Crippen molar-refractivity contribution in [3.8, 4) is 0 Å². The second-order valence-electron chi connectivity index (χ2n) is 6.45. The Morgan fingerprint density at radius 1 is 1.36 bits per heavy atom. The molecule has 1 amide bonds. The van der Waals surface area contributed by atoms with Crippen molar-refractivity contribution in [2.24, 2.45) is 0 Å². The maximum atomic E-state index is 12.6. The highest BCUT2D eigenvalue weighted by atomic mass is 32.2. The van der Waals surface area contributed by atoms with Crippen LogP contribution in [0.15, 0.2) is 30.3 Å². The maximum absolute atomic E-state index is 12.6. The number of ether oxygens (including phenoxy) is 1. The van der Waals surface area contributed by atoms with Gasteiger partial charge >= 0.3 is 0 Å². The number of thiocarbonyl (C=S) groups is 1. The third kappa shape index (κ3) is 4.94. The molecule has 0 radical (unpaired) electrons. The van der Waals surface area contributed by atoms with Crippen LogP contribution < -0.4 is 5.32 Å². The highest BCUT2D eigenvalue weighted by Gasteiger charge is 2.37. The lowest BCUT2D eigenvalue weighted by Crippen LogP contribution is -2.48. The molecule has 0 bridgehead atoms. The Labute approximate surface area is 159 Å². The molecule has 2 aliphatic rings. The zero-order valence-electron chi connectivity index (χ0n) is 14.5. The zero-order valence-corrected chi connectivity index (χ0v) is 16.2. The van der Waals surface area contributed by atoms with E-state index in [0.717, 1.165) is 31.8 Å². The van der Waals surface area contributed by atoms with Crippen LogP contribution >= 0.6 is 24.0 Å². The topological polar surface area (TPSA) is 44.8 Å². The molecule has 1 aromatic rings. The van der Waals surface area contributed by atoms with Crippen LogP contribution in [0.5, 0.6) is 0 Å². The van der Waals surface area contributed by atoms with E-state index >= 15 is 0 Å². The van der Waals surface area contributed by atoms with E-state index in [9.17, 15) is 4.79 Å². The van der Waals surface area contributed by atoms with Crippen molar-refractivity contribution < 1.29 is 9.53 Å². The van der Waals surface area contributed by atoms with Crippen LogP contribution in [0.4, 0.5) is 0 Å². The lowest BCUT2D eigenvalue weighted by Gasteiger charge is -2.34. The van der Waals surface area contributed by atoms with Gasteiger partial charge in [0.15, 0.2) is 5.11 Å². The van der Waals surface area contributed by atoms with Crippen LogP contribution in [0.2, 0.25) is 0 Å². The highest BCUT2D eigenvalue weighted by Crippen LogP contribution is 2.16. The molecule has 5 nitrogen and oxygen atoms in total. The Bertz CT molecular complexity index is 599. The summed E-state index contributed by atoms with van der Waals surface area (Å²) < 4.78 is 5.89. The minimum atomic E-state index is -0.177. The predicted octanol–water partition coefficient (Wildman–Crippen LogP) is 1.73. The molecule has 2 aliphatic heterocycles. The summed E-state index contributed by atoms with van der Waals surface area (Å²) in [7, 11) is 0. The van der Waals surface area contributed by atoms with Gasteiger partial charge < -0.3 is 10.1 Å². The van der Waals surface area contributed by atoms with Gasteiger partial charge in [0, 0.05) is 19.6 Å². The fraction of sp³-hybridized carbons (Fsp3) is 0.556. The minimum absolute atomic E-state index is 0.000428. The van der Waals surface area contributed by atoms with E-state index in [1.165, 1.54) is 5.56 Å². The second kappa shape index (κ2) is 8.98. The van der Waals surface area contributed by atoms with Crippen molar-refractivity contribution in [3.63, 3.8) is 0 Å². The summed E-state index contributed by atoms with van der Waals surface area (Å²) in [6.45, 7) is 3.87. The van der Waals surface area contributed by atoms with E-state index in [-0.39, 0.29) is 18.1 Å². The van der Waals surface area contributed by atoms with Crippen LogP contribution in [0.25, 0.3) is 0 Å². The minimum Gasteiger partial charge on any atom is -0.374 e. The molecule has 1 N–H and O–H groups in total. The first kappa shape index (κ1) is 18.6. The van der Waals surface area contributed by atoms with Gasteiger partial charge in [0.1, 0.15) is 6.04 Å². The van der Waals surface area contributed by atoms with Gasteiger partial charge in [-0.1, -0.05) is 30.3 Å². The SMILES string of the molecule is CSCC[C@@H]1NC(=S)N(C[C@@H]2CN(Cc3ccccc3)CCO2)C1=O. The maximum Gasteiger partial charge on any atom is 0.251 e. The number of nitrogens with zero attached hydrogens (tertiary/aromatic N) is 2. The average molecular weight is 380 g/mol. The van der Waals surface area contributed by atoms with Gasteiger partial charge in [-0.2, -0.15) is 11.8 Å². The third-order valence-electron chi connectivity index (χ3n) is 4.58. The van der Waals surface area contributed by atoms with E-state index in [0.29, 0.717) is 18.3 Å². The first-order valence-corrected chi connectivity index (χ1v) is 10.5. The number of carbonyl (C=O) groups excluding carboxylic acids is 1. The van der Waals surface area contributed by atoms with E-state index in [1.54, 1.807) is 16.7 Å². The van der Waals surface area contributed by atoms with Gasteiger partial charge in [0.2, 0.25) is 0 Å². The Balaban J connectivity index is 1.53. The molecular weight excluding hydrogens is 354 g/mol. The average Bonchev–Trinajstić information content (AvgIpc) is 2.89. The molecule has 2 heterocycles. The van der Waals surface area contributed by atoms with Gasteiger partial charge in [-0.3, -0.25) is 14.6 Å². The molecule has 0 spiro atoms. The molecule has 0 unspecified atom stereocenters. The van der Waals surface area contributed by atoms with Gasteiger partial charge in [-0.05, 0) is 36.2 Å². The monoisotopic (exact) mass is 379 g/mol. The van der Waals surface area contributed by atoms with Crippen LogP contribution in [0.3, 0.4) is 0 Å². The van der Waals surface area contributed by atoms with Gasteiger partial charge in [0.25, 0.3) is 5.91 Å². The first-order chi connectivity index (χ1) is 12.2. The molecule has 25 heavy (non-hydrogen) atoms. The summed E-state index contributed by atoms with van der Waals surface area (Å²) in [4.78, 5) is 16.6. The zero-order chi connectivity index (χ0) is 17.6. The smallest absolute Gasteiger partial charge is 0.251 e. The fourth-order valence-electron chi connectivity index (χ4n) is 3.26. The molecular formula is C18H25N3O2S2. The number of morpholine rings is 1. The third-order valence-corrected chi connectivity index (χ3v) is 5.56. The molecule has 2 saturated heterocycles. The van der Waals surface area contributed by atoms with Crippen LogP contribution in [0, 0.1) is 0 Å². The van der Waals surface area contributed by atoms with E-state index in [2.05, 4.69) is 34.5 Å². The van der Waals surface area contributed by atoms with Gasteiger partial charge in [0.05, 0.1) is 19.3 Å². The lowest BCUT2D eigenvalue weighted by molar-refractivity contribution is -0.129. The van der Waals surface area contributed by atoms with Crippen molar-refractivity contribution >= 4 is 35.0 Å². The Hall–Kier alpha value is -1.15.